The number of hydrogen-bond acceptors (Lipinski definition) is 2. The first-order valence-corrected chi connectivity index (χ1v) is 17.5. The van der Waals surface area contributed by atoms with Crippen molar-refractivity contribution in [1.29, 1.82) is 10.5 Å². The SMILES string of the molecule is Cc1ccc2c(c1)c1ccccc1n2-c1ccc(C#N)cc1-c1cc(-c2ccc(C#N)cc2C(F)(F)F)ccc1-n1c2ccccc2c2cc(C)ccc21. The molecule has 54 heavy (non-hydrogen) atoms. The van der Waals surface area contributed by atoms with Crippen LogP contribution in [-0.4, -0.2) is 9.13 Å². The predicted octanol–water partition coefficient (Wildman–Crippen LogP) is 12.6. The number of halogens is 3. The maximum absolute atomic E-state index is 14.7. The summed E-state index contributed by atoms with van der Waals surface area (Å²) in [6.07, 6.45) is -4.71. The van der Waals surface area contributed by atoms with E-state index in [9.17, 15) is 23.7 Å². The Balaban J connectivity index is 1.44. The molecule has 0 saturated heterocycles. The lowest BCUT2D eigenvalue weighted by atomic mass is 9.92. The summed E-state index contributed by atoms with van der Waals surface area (Å²) in [5.41, 5.74) is 8.57. The molecular weight excluding hydrogens is 678 g/mol. The summed E-state index contributed by atoms with van der Waals surface area (Å²) in [4.78, 5) is 0. The van der Waals surface area contributed by atoms with Crippen LogP contribution in [0.25, 0.3) is 77.2 Å². The van der Waals surface area contributed by atoms with Crippen molar-refractivity contribution in [2.45, 2.75) is 20.0 Å². The van der Waals surface area contributed by atoms with Crippen molar-refractivity contribution >= 4 is 43.6 Å². The Morgan fingerprint density at radius 3 is 1.50 bits per heavy atom. The second-order valence-electron chi connectivity index (χ2n) is 13.7. The van der Waals surface area contributed by atoms with E-state index in [1.807, 2.05) is 54.6 Å². The molecule has 0 aliphatic rings. The minimum absolute atomic E-state index is 0.0440. The van der Waals surface area contributed by atoms with Gasteiger partial charge in [0.1, 0.15) is 0 Å². The molecular formula is C47H29F3N4. The van der Waals surface area contributed by atoms with Crippen LogP contribution in [0.15, 0.2) is 140 Å². The van der Waals surface area contributed by atoms with E-state index in [0.717, 1.165) is 72.2 Å². The number of hydrogen-bond donors (Lipinski definition) is 0. The second-order valence-corrected chi connectivity index (χ2v) is 13.7. The summed E-state index contributed by atoms with van der Waals surface area (Å²) < 4.78 is 48.4. The molecule has 0 amide bonds. The van der Waals surface area contributed by atoms with Crippen molar-refractivity contribution in [2.24, 2.45) is 0 Å². The van der Waals surface area contributed by atoms with Crippen molar-refractivity contribution in [2.75, 3.05) is 0 Å². The zero-order valence-corrected chi connectivity index (χ0v) is 29.2. The van der Waals surface area contributed by atoms with E-state index in [-0.39, 0.29) is 11.1 Å². The summed E-state index contributed by atoms with van der Waals surface area (Å²) in [7, 11) is 0. The third kappa shape index (κ3) is 5.13. The van der Waals surface area contributed by atoms with E-state index in [4.69, 9.17) is 0 Å². The van der Waals surface area contributed by atoms with E-state index in [0.29, 0.717) is 22.3 Å². The molecule has 0 saturated carbocycles. The smallest absolute Gasteiger partial charge is 0.309 e. The summed E-state index contributed by atoms with van der Waals surface area (Å²) in [5, 5.41) is 24.0. The molecule has 0 bridgehead atoms. The average Bonchev–Trinajstić information content (AvgIpc) is 3.68. The van der Waals surface area contributed by atoms with Gasteiger partial charge in [-0.05, 0) is 104 Å². The second kappa shape index (κ2) is 12.3. The minimum atomic E-state index is -4.71. The van der Waals surface area contributed by atoms with Gasteiger partial charge in [0, 0.05) is 32.7 Å². The predicted molar refractivity (Wildman–Crippen MR) is 210 cm³/mol. The first kappa shape index (κ1) is 32.8. The Kier molecular flexibility index (Phi) is 7.44. The van der Waals surface area contributed by atoms with Gasteiger partial charge in [0.05, 0.1) is 62.3 Å². The van der Waals surface area contributed by atoms with E-state index in [1.165, 1.54) is 12.1 Å². The van der Waals surface area contributed by atoms with Gasteiger partial charge >= 0.3 is 6.18 Å². The number of para-hydroxylation sites is 2. The molecule has 0 unspecified atom stereocenters. The van der Waals surface area contributed by atoms with Gasteiger partial charge in [0.15, 0.2) is 0 Å². The summed E-state index contributed by atoms with van der Waals surface area (Å²) in [5.74, 6) is 0. The zero-order chi connectivity index (χ0) is 37.3. The van der Waals surface area contributed by atoms with Crippen LogP contribution >= 0.6 is 0 Å². The highest BCUT2D eigenvalue weighted by Gasteiger charge is 2.34. The number of nitrogens with zero attached hydrogens (tertiary/aromatic N) is 4. The number of rotatable bonds is 4. The number of fused-ring (bicyclic) bond motifs is 6. The Hall–Kier alpha value is -7.09. The van der Waals surface area contributed by atoms with Gasteiger partial charge in [-0.3, -0.25) is 0 Å². The number of nitriles is 2. The fourth-order valence-electron chi connectivity index (χ4n) is 7.92. The fourth-order valence-corrected chi connectivity index (χ4v) is 7.92. The summed E-state index contributed by atoms with van der Waals surface area (Å²) in [6, 6.07) is 47.6. The van der Waals surface area contributed by atoms with Gasteiger partial charge in [-0.1, -0.05) is 71.8 Å². The maximum atomic E-state index is 14.7. The Morgan fingerprint density at radius 1 is 0.463 bits per heavy atom. The molecule has 4 nitrogen and oxygen atoms in total. The average molecular weight is 707 g/mol. The van der Waals surface area contributed by atoms with Gasteiger partial charge in [0.2, 0.25) is 0 Å². The van der Waals surface area contributed by atoms with Crippen LogP contribution < -0.4 is 0 Å². The molecule has 0 N–H and O–H groups in total. The van der Waals surface area contributed by atoms with Gasteiger partial charge in [-0.15, -0.1) is 0 Å². The van der Waals surface area contributed by atoms with Crippen LogP contribution in [0.3, 0.4) is 0 Å². The van der Waals surface area contributed by atoms with Crippen LogP contribution in [0.4, 0.5) is 13.2 Å². The lowest BCUT2D eigenvalue weighted by Gasteiger charge is -2.21. The molecule has 0 fully saturated rings. The monoisotopic (exact) mass is 706 g/mol. The number of aromatic nitrogens is 2. The molecule has 9 rings (SSSR count). The summed E-state index contributed by atoms with van der Waals surface area (Å²) in [6.45, 7) is 4.11. The molecule has 0 radical (unpaired) electrons. The van der Waals surface area contributed by atoms with Crippen LogP contribution in [-0.2, 0) is 6.18 Å². The van der Waals surface area contributed by atoms with Gasteiger partial charge < -0.3 is 9.13 Å². The molecule has 7 aromatic carbocycles. The highest BCUT2D eigenvalue weighted by Crippen LogP contribution is 2.44. The number of aryl methyl sites for hydroxylation is 2. The number of alkyl halides is 3. The van der Waals surface area contributed by atoms with Crippen molar-refractivity contribution in [3.63, 3.8) is 0 Å². The van der Waals surface area contributed by atoms with Crippen molar-refractivity contribution < 1.29 is 13.2 Å². The van der Waals surface area contributed by atoms with Gasteiger partial charge in [-0.2, -0.15) is 23.7 Å². The van der Waals surface area contributed by atoms with Gasteiger partial charge in [-0.25, -0.2) is 0 Å². The molecule has 0 aliphatic heterocycles. The normalized spacial score (nSPS) is 11.8. The third-order valence-electron chi connectivity index (χ3n) is 10.3. The van der Waals surface area contributed by atoms with E-state index in [2.05, 4.69) is 83.6 Å². The molecule has 9 aromatic rings. The third-order valence-corrected chi connectivity index (χ3v) is 10.3. The van der Waals surface area contributed by atoms with Crippen LogP contribution in [0, 0.1) is 36.5 Å². The Labute approximate surface area is 308 Å². The minimum Gasteiger partial charge on any atom is -0.309 e. The first-order chi connectivity index (χ1) is 26.1. The standard InChI is InChI=1S/C47H29F3N4/c1-28-11-17-43-36(21-28)34-7-3-5-9-41(34)53(43)45-19-14-30(26-51)23-38(45)39-25-32(33-16-13-31(27-52)24-40(33)47(48,49)50)15-20-46(39)54-42-10-6-4-8-35(42)37-22-29(2)12-18-44(37)54/h3-25H,1-2H3. The lowest BCUT2D eigenvalue weighted by molar-refractivity contribution is -0.137. The van der Waals surface area contributed by atoms with E-state index < -0.39 is 11.7 Å². The van der Waals surface area contributed by atoms with Crippen LogP contribution in [0.2, 0.25) is 0 Å². The van der Waals surface area contributed by atoms with Crippen molar-refractivity contribution in [3.05, 3.63) is 167 Å². The largest absolute Gasteiger partial charge is 0.417 e. The molecule has 0 spiro atoms. The topological polar surface area (TPSA) is 57.4 Å². The maximum Gasteiger partial charge on any atom is 0.417 e. The highest BCUT2D eigenvalue weighted by atomic mass is 19.4. The molecule has 2 aromatic heterocycles. The van der Waals surface area contributed by atoms with E-state index in [1.54, 1.807) is 18.2 Å². The van der Waals surface area contributed by atoms with E-state index >= 15 is 0 Å². The molecule has 0 aliphatic carbocycles. The molecule has 258 valence electrons. The van der Waals surface area contributed by atoms with Crippen molar-refractivity contribution in [1.82, 2.24) is 9.13 Å². The Bertz CT molecular complexity index is 3090. The summed E-state index contributed by atoms with van der Waals surface area (Å²) >= 11 is 0. The number of benzene rings is 7. The molecule has 2 heterocycles. The quantitative estimate of drug-likeness (QED) is 0.183. The fraction of sp³-hybridized carbons (Fsp3) is 0.0638. The highest BCUT2D eigenvalue weighted by molar-refractivity contribution is 6.12. The Morgan fingerprint density at radius 2 is 0.944 bits per heavy atom. The van der Waals surface area contributed by atoms with Crippen LogP contribution in [0.5, 0.6) is 0 Å². The van der Waals surface area contributed by atoms with Gasteiger partial charge in [0.25, 0.3) is 0 Å². The first-order valence-electron chi connectivity index (χ1n) is 17.5. The molecule has 7 heteroatoms. The van der Waals surface area contributed by atoms with Crippen LogP contribution in [0.1, 0.15) is 27.8 Å². The molecule has 0 atom stereocenters. The van der Waals surface area contributed by atoms with Crippen molar-refractivity contribution in [3.8, 4) is 45.8 Å². The zero-order valence-electron chi connectivity index (χ0n) is 29.2. The lowest BCUT2D eigenvalue weighted by Crippen LogP contribution is -2.08.